The van der Waals surface area contributed by atoms with Gasteiger partial charge in [-0.1, -0.05) is 21.1 Å². The van der Waals surface area contributed by atoms with Crippen LogP contribution in [-0.2, 0) is 5.33 Å². The van der Waals surface area contributed by atoms with Crippen molar-refractivity contribution >= 4 is 15.9 Å². The van der Waals surface area contributed by atoms with Crippen LogP contribution in [0.15, 0.2) is 30.5 Å². The van der Waals surface area contributed by atoms with Gasteiger partial charge in [-0.3, -0.25) is 0 Å². The van der Waals surface area contributed by atoms with Gasteiger partial charge in [0, 0.05) is 5.33 Å². The Kier molecular flexibility index (Phi) is 2.58. The molecule has 0 fully saturated rings. The van der Waals surface area contributed by atoms with E-state index in [2.05, 4.69) is 26.2 Å². The minimum Gasteiger partial charge on any atom is -0.220 e. The fourth-order valence-electron chi connectivity index (χ4n) is 1.08. The van der Waals surface area contributed by atoms with Crippen molar-refractivity contribution in [3.8, 4) is 5.69 Å². The van der Waals surface area contributed by atoms with E-state index in [1.54, 1.807) is 23.0 Å². The van der Waals surface area contributed by atoms with E-state index in [0.29, 0.717) is 5.33 Å². The van der Waals surface area contributed by atoms with Crippen molar-refractivity contribution < 1.29 is 4.39 Å². The molecule has 1 heterocycles. The molecule has 2 rings (SSSR count). The van der Waals surface area contributed by atoms with Crippen molar-refractivity contribution in [1.82, 2.24) is 15.0 Å². The summed E-state index contributed by atoms with van der Waals surface area (Å²) in [6, 6.07) is 6.10. The van der Waals surface area contributed by atoms with Crippen molar-refractivity contribution in [2.24, 2.45) is 0 Å². The molecule has 2 aromatic rings. The second kappa shape index (κ2) is 3.88. The molecule has 0 aliphatic heterocycles. The highest BCUT2D eigenvalue weighted by molar-refractivity contribution is 9.08. The zero-order valence-corrected chi connectivity index (χ0v) is 8.78. The van der Waals surface area contributed by atoms with Gasteiger partial charge >= 0.3 is 0 Å². The summed E-state index contributed by atoms with van der Waals surface area (Å²) in [5.41, 5.74) is 1.64. The monoisotopic (exact) mass is 255 g/mol. The number of aromatic nitrogens is 3. The van der Waals surface area contributed by atoms with Crippen LogP contribution in [0.25, 0.3) is 5.69 Å². The average Bonchev–Trinajstić information content (AvgIpc) is 2.67. The third kappa shape index (κ3) is 1.82. The Balaban J connectivity index is 2.34. The van der Waals surface area contributed by atoms with Gasteiger partial charge < -0.3 is 0 Å². The molecule has 0 aliphatic rings. The van der Waals surface area contributed by atoms with Crippen molar-refractivity contribution in [2.45, 2.75) is 5.33 Å². The molecule has 0 atom stereocenters. The third-order valence-corrected chi connectivity index (χ3v) is 2.34. The van der Waals surface area contributed by atoms with E-state index >= 15 is 0 Å². The fraction of sp³-hybridized carbons (Fsp3) is 0.111. The molecule has 1 aromatic carbocycles. The first kappa shape index (κ1) is 9.33. The molecule has 0 N–H and O–H groups in total. The van der Waals surface area contributed by atoms with Crippen LogP contribution in [-0.4, -0.2) is 15.0 Å². The minimum absolute atomic E-state index is 0.255. The van der Waals surface area contributed by atoms with Gasteiger partial charge in [0.25, 0.3) is 0 Å². The minimum atomic E-state index is -0.255. The molecule has 0 radical (unpaired) electrons. The lowest BCUT2D eigenvalue weighted by atomic mass is 10.3. The Labute approximate surface area is 88.7 Å². The maximum Gasteiger partial charge on any atom is 0.123 e. The predicted octanol–water partition coefficient (Wildman–Crippen LogP) is 2.30. The zero-order chi connectivity index (χ0) is 9.97. The highest BCUT2D eigenvalue weighted by Gasteiger charge is 2.00. The number of hydrogen-bond acceptors (Lipinski definition) is 2. The number of halogens is 2. The molecule has 1 aromatic heterocycles. The summed E-state index contributed by atoms with van der Waals surface area (Å²) in [6.07, 6.45) is 1.79. The normalized spacial score (nSPS) is 10.4. The van der Waals surface area contributed by atoms with E-state index < -0.39 is 0 Å². The number of alkyl halides is 1. The maximum absolute atomic E-state index is 12.6. The molecular weight excluding hydrogens is 249 g/mol. The van der Waals surface area contributed by atoms with Gasteiger partial charge in [0.2, 0.25) is 0 Å². The van der Waals surface area contributed by atoms with E-state index in [4.69, 9.17) is 0 Å². The lowest BCUT2D eigenvalue weighted by molar-refractivity contribution is 0.626. The fourth-order valence-corrected chi connectivity index (χ4v) is 1.34. The molecule has 0 aliphatic carbocycles. The summed E-state index contributed by atoms with van der Waals surface area (Å²) in [5.74, 6) is -0.255. The van der Waals surface area contributed by atoms with Crippen molar-refractivity contribution in [1.29, 1.82) is 0 Å². The van der Waals surface area contributed by atoms with Crippen LogP contribution in [0.1, 0.15) is 5.69 Å². The molecule has 0 amide bonds. The van der Waals surface area contributed by atoms with Gasteiger partial charge in [0.05, 0.1) is 17.6 Å². The molecule has 0 spiro atoms. The van der Waals surface area contributed by atoms with Crippen LogP contribution in [0.2, 0.25) is 0 Å². The smallest absolute Gasteiger partial charge is 0.123 e. The van der Waals surface area contributed by atoms with Crippen molar-refractivity contribution in [2.75, 3.05) is 0 Å². The molecule has 0 saturated heterocycles. The standard InChI is InChI=1S/C9H7BrFN3/c10-5-8-6-14(13-12-8)9-3-1-7(11)2-4-9/h1-4,6H,5H2. The number of rotatable bonds is 2. The predicted molar refractivity (Wildman–Crippen MR) is 53.9 cm³/mol. The number of nitrogens with zero attached hydrogens (tertiary/aromatic N) is 3. The maximum atomic E-state index is 12.6. The van der Waals surface area contributed by atoms with Crippen LogP contribution < -0.4 is 0 Å². The first-order valence-corrected chi connectivity index (χ1v) is 5.15. The van der Waals surface area contributed by atoms with E-state index in [-0.39, 0.29) is 5.82 Å². The largest absolute Gasteiger partial charge is 0.220 e. The molecule has 0 saturated carbocycles. The Morgan fingerprint density at radius 2 is 2.00 bits per heavy atom. The molecule has 0 unspecified atom stereocenters. The Morgan fingerprint density at radius 1 is 1.29 bits per heavy atom. The van der Waals surface area contributed by atoms with Crippen LogP contribution >= 0.6 is 15.9 Å². The van der Waals surface area contributed by atoms with Gasteiger partial charge in [-0.25, -0.2) is 9.07 Å². The molecule has 5 heteroatoms. The van der Waals surface area contributed by atoms with Crippen molar-refractivity contribution in [3.63, 3.8) is 0 Å². The molecule has 3 nitrogen and oxygen atoms in total. The Bertz CT molecular complexity index is 424. The van der Waals surface area contributed by atoms with Crippen LogP contribution in [0.3, 0.4) is 0 Å². The van der Waals surface area contributed by atoms with Gasteiger partial charge in [-0.2, -0.15) is 0 Å². The first-order chi connectivity index (χ1) is 6.79. The average molecular weight is 256 g/mol. The van der Waals surface area contributed by atoms with E-state index in [0.717, 1.165) is 11.4 Å². The Hall–Kier alpha value is -1.23. The highest BCUT2D eigenvalue weighted by atomic mass is 79.9. The third-order valence-electron chi connectivity index (χ3n) is 1.77. The summed E-state index contributed by atoms with van der Waals surface area (Å²) >= 11 is 3.28. The zero-order valence-electron chi connectivity index (χ0n) is 7.19. The summed E-state index contributed by atoms with van der Waals surface area (Å²) in [4.78, 5) is 0. The molecule has 14 heavy (non-hydrogen) atoms. The summed E-state index contributed by atoms with van der Waals surface area (Å²) in [6.45, 7) is 0. The van der Waals surface area contributed by atoms with E-state index in [1.165, 1.54) is 12.1 Å². The van der Waals surface area contributed by atoms with Gasteiger partial charge in [-0.05, 0) is 24.3 Å². The second-order valence-corrected chi connectivity index (χ2v) is 3.33. The number of hydrogen-bond donors (Lipinski definition) is 0. The topological polar surface area (TPSA) is 30.7 Å². The van der Waals surface area contributed by atoms with Gasteiger partial charge in [-0.15, -0.1) is 5.10 Å². The van der Waals surface area contributed by atoms with Gasteiger partial charge in [0.1, 0.15) is 5.82 Å². The Morgan fingerprint density at radius 3 is 2.57 bits per heavy atom. The lowest BCUT2D eigenvalue weighted by Crippen LogP contribution is -1.94. The second-order valence-electron chi connectivity index (χ2n) is 2.76. The quantitative estimate of drug-likeness (QED) is 0.772. The first-order valence-electron chi connectivity index (χ1n) is 4.03. The van der Waals surface area contributed by atoms with Crippen LogP contribution in [0.5, 0.6) is 0 Å². The summed E-state index contributed by atoms with van der Waals surface area (Å²) in [7, 11) is 0. The molecule has 72 valence electrons. The van der Waals surface area contributed by atoms with E-state index in [9.17, 15) is 4.39 Å². The van der Waals surface area contributed by atoms with Crippen LogP contribution in [0.4, 0.5) is 4.39 Å². The number of benzene rings is 1. The molecule has 0 bridgehead atoms. The van der Waals surface area contributed by atoms with Crippen LogP contribution in [0, 0.1) is 5.82 Å². The summed E-state index contributed by atoms with van der Waals surface area (Å²) < 4.78 is 14.2. The highest BCUT2D eigenvalue weighted by Crippen LogP contribution is 2.09. The van der Waals surface area contributed by atoms with Crippen molar-refractivity contribution in [3.05, 3.63) is 42.0 Å². The van der Waals surface area contributed by atoms with Gasteiger partial charge in [0.15, 0.2) is 0 Å². The molecular formula is C9H7BrFN3. The SMILES string of the molecule is Fc1ccc(-n2cc(CBr)nn2)cc1. The summed E-state index contributed by atoms with van der Waals surface area (Å²) in [5, 5.41) is 8.47. The lowest BCUT2D eigenvalue weighted by Gasteiger charge is -1.97. The van der Waals surface area contributed by atoms with E-state index in [1.807, 2.05) is 0 Å².